The van der Waals surface area contributed by atoms with Crippen LogP contribution < -0.4 is 10.6 Å². The van der Waals surface area contributed by atoms with E-state index in [9.17, 15) is 4.79 Å². The fourth-order valence-electron chi connectivity index (χ4n) is 3.69. The molecule has 2 fully saturated rings. The van der Waals surface area contributed by atoms with Gasteiger partial charge in [-0.05, 0) is 36.9 Å². The summed E-state index contributed by atoms with van der Waals surface area (Å²) < 4.78 is 5.82. The molecule has 3 rings (SSSR count). The van der Waals surface area contributed by atoms with Crippen molar-refractivity contribution in [2.24, 2.45) is 5.41 Å². The molecule has 0 saturated carbocycles. The smallest absolute Gasteiger partial charge is 0.222 e. The molecule has 0 aromatic heterocycles. The number of benzene rings is 1. The van der Waals surface area contributed by atoms with Crippen LogP contribution in [0.2, 0.25) is 0 Å². The molecule has 2 N–H and O–H groups in total. The van der Waals surface area contributed by atoms with Gasteiger partial charge in [0.1, 0.15) is 0 Å². The second-order valence-electron chi connectivity index (χ2n) is 7.76. The number of hydrogen-bond acceptors (Lipinski definition) is 4. The third-order valence-corrected chi connectivity index (χ3v) is 5.41. The van der Waals surface area contributed by atoms with Crippen LogP contribution in [0.15, 0.2) is 30.3 Å². The van der Waals surface area contributed by atoms with Crippen molar-refractivity contribution in [3.63, 3.8) is 0 Å². The normalized spacial score (nSPS) is 24.0. The Morgan fingerprint density at radius 3 is 2.84 bits per heavy atom. The van der Waals surface area contributed by atoms with Crippen molar-refractivity contribution < 1.29 is 9.53 Å². The lowest BCUT2D eigenvalue weighted by Gasteiger charge is -2.35. The molecule has 1 atom stereocenters. The number of hydrogen-bond donors (Lipinski definition) is 2. The van der Waals surface area contributed by atoms with Gasteiger partial charge in [0.05, 0.1) is 19.1 Å². The Kier molecular flexibility index (Phi) is 6.45. The number of piperidine rings is 1. The Labute approximate surface area is 151 Å². The highest BCUT2D eigenvalue weighted by atomic mass is 16.5. The highest BCUT2D eigenvalue weighted by Gasteiger charge is 2.28. The molecule has 5 nitrogen and oxygen atoms in total. The van der Waals surface area contributed by atoms with Crippen molar-refractivity contribution in [3.05, 3.63) is 35.9 Å². The van der Waals surface area contributed by atoms with E-state index < -0.39 is 0 Å². The molecular formula is C20H31N3O2. The summed E-state index contributed by atoms with van der Waals surface area (Å²) in [7, 11) is 0. The minimum atomic E-state index is -0.00158. The number of rotatable bonds is 6. The summed E-state index contributed by atoms with van der Waals surface area (Å²) in [6, 6.07) is 10.5. The molecule has 1 unspecified atom stereocenters. The van der Waals surface area contributed by atoms with Crippen LogP contribution in [-0.2, 0) is 16.1 Å². The number of amides is 1. The van der Waals surface area contributed by atoms with Crippen LogP contribution in [-0.4, -0.2) is 56.2 Å². The summed E-state index contributed by atoms with van der Waals surface area (Å²) in [5.74, 6) is 0.117. The number of ether oxygens (including phenoxy) is 1. The summed E-state index contributed by atoms with van der Waals surface area (Å²) >= 11 is 0. The fraction of sp³-hybridized carbons (Fsp3) is 0.650. The van der Waals surface area contributed by atoms with Crippen LogP contribution >= 0.6 is 0 Å². The zero-order chi connectivity index (χ0) is 17.5. The van der Waals surface area contributed by atoms with Gasteiger partial charge in [-0.15, -0.1) is 0 Å². The van der Waals surface area contributed by atoms with Crippen LogP contribution in [0.25, 0.3) is 0 Å². The van der Waals surface area contributed by atoms with Crippen LogP contribution in [0.5, 0.6) is 0 Å². The Balaban J connectivity index is 1.41. The molecule has 0 spiro atoms. The molecular weight excluding hydrogens is 314 g/mol. The maximum Gasteiger partial charge on any atom is 0.222 e. The summed E-state index contributed by atoms with van der Waals surface area (Å²) in [5, 5.41) is 6.52. The summed E-state index contributed by atoms with van der Waals surface area (Å²) in [5.41, 5.74) is 1.54. The number of nitrogens with one attached hydrogen (secondary N) is 2. The molecule has 25 heavy (non-hydrogen) atoms. The first-order chi connectivity index (χ1) is 12.1. The third-order valence-electron chi connectivity index (χ3n) is 5.41. The van der Waals surface area contributed by atoms with Crippen LogP contribution in [0.4, 0.5) is 0 Å². The van der Waals surface area contributed by atoms with Gasteiger partial charge in [0.15, 0.2) is 0 Å². The van der Waals surface area contributed by atoms with Gasteiger partial charge in [0, 0.05) is 26.2 Å². The highest BCUT2D eigenvalue weighted by molar-refractivity contribution is 5.76. The van der Waals surface area contributed by atoms with E-state index in [0.29, 0.717) is 13.0 Å². The Morgan fingerprint density at radius 2 is 2.08 bits per heavy atom. The molecule has 0 radical (unpaired) electrons. The van der Waals surface area contributed by atoms with Crippen molar-refractivity contribution >= 4 is 5.91 Å². The maximum absolute atomic E-state index is 12.3. The van der Waals surface area contributed by atoms with Crippen molar-refractivity contribution in [1.82, 2.24) is 15.5 Å². The van der Waals surface area contributed by atoms with E-state index in [1.54, 1.807) is 0 Å². The van der Waals surface area contributed by atoms with Crippen LogP contribution in [0.1, 0.15) is 31.7 Å². The summed E-state index contributed by atoms with van der Waals surface area (Å²) in [6.45, 7) is 8.52. The average molecular weight is 345 g/mol. The van der Waals surface area contributed by atoms with E-state index in [1.165, 1.54) is 5.56 Å². The van der Waals surface area contributed by atoms with Crippen molar-refractivity contribution in [3.8, 4) is 0 Å². The van der Waals surface area contributed by atoms with E-state index in [-0.39, 0.29) is 17.4 Å². The molecule has 0 bridgehead atoms. The van der Waals surface area contributed by atoms with Gasteiger partial charge in [0.2, 0.25) is 5.91 Å². The second-order valence-corrected chi connectivity index (χ2v) is 7.76. The van der Waals surface area contributed by atoms with Gasteiger partial charge in [-0.3, -0.25) is 9.69 Å². The van der Waals surface area contributed by atoms with Gasteiger partial charge in [-0.1, -0.05) is 37.3 Å². The predicted molar refractivity (Wildman–Crippen MR) is 99.3 cm³/mol. The SMILES string of the molecule is CC1(CNC(=O)CC2CN(Cc3ccccc3)CCO2)CCNCC1. The molecule has 5 heteroatoms. The lowest BCUT2D eigenvalue weighted by atomic mass is 9.81. The van der Waals surface area contributed by atoms with Crippen LogP contribution in [0, 0.1) is 5.41 Å². The number of carbonyl (C=O) groups excluding carboxylic acids is 1. The molecule has 2 saturated heterocycles. The zero-order valence-electron chi connectivity index (χ0n) is 15.3. The molecule has 2 heterocycles. The van der Waals surface area contributed by atoms with Gasteiger partial charge in [-0.2, -0.15) is 0 Å². The molecule has 2 aliphatic heterocycles. The predicted octanol–water partition coefficient (Wildman–Crippen LogP) is 1.78. The lowest BCUT2D eigenvalue weighted by molar-refractivity contribution is -0.126. The van der Waals surface area contributed by atoms with Gasteiger partial charge < -0.3 is 15.4 Å². The monoisotopic (exact) mass is 345 g/mol. The van der Waals surface area contributed by atoms with E-state index >= 15 is 0 Å². The van der Waals surface area contributed by atoms with Crippen LogP contribution in [0.3, 0.4) is 0 Å². The van der Waals surface area contributed by atoms with Crippen molar-refractivity contribution in [2.45, 2.75) is 38.8 Å². The summed E-state index contributed by atoms with van der Waals surface area (Å²) in [4.78, 5) is 14.7. The van der Waals surface area contributed by atoms with Crippen molar-refractivity contribution in [1.29, 1.82) is 0 Å². The summed E-state index contributed by atoms with van der Waals surface area (Å²) in [6.07, 6.45) is 2.70. The standard InChI is InChI=1S/C20H31N3O2/c1-20(7-9-21-10-8-20)16-22-19(24)13-18-15-23(11-12-25-18)14-17-5-3-2-4-6-17/h2-6,18,21H,7-16H2,1H3,(H,22,24). The Bertz CT molecular complexity index is 543. The maximum atomic E-state index is 12.3. The second kappa shape index (κ2) is 8.79. The van der Waals surface area contributed by atoms with Gasteiger partial charge in [0.25, 0.3) is 0 Å². The molecule has 1 aromatic carbocycles. The fourth-order valence-corrected chi connectivity index (χ4v) is 3.69. The van der Waals surface area contributed by atoms with Gasteiger partial charge in [-0.25, -0.2) is 0 Å². The highest BCUT2D eigenvalue weighted by Crippen LogP contribution is 2.26. The van der Waals surface area contributed by atoms with E-state index in [0.717, 1.165) is 52.1 Å². The minimum Gasteiger partial charge on any atom is -0.375 e. The average Bonchev–Trinajstić information content (AvgIpc) is 2.62. The molecule has 1 amide bonds. The van der Waals surface area contributed by atoms with Crippen molar-refractivity contribution in [2.75, 3.05) is 39.3 Å². The quantitative estimate of drug-likeness (QED) is 0.825. The first-order valence-electron chi connectivity index (χ1n) is 9.48. The van der Waals surface area contributed by atoms with E-state index in [1.807, 2.05) is 6.07 Å². The third kappa shape index (κ3) is 5.80. The molecule has 138 valence electrons. The number of carbonyl (C=O) groups is 1. The molecule has 1 aromatic rings. The van der Waals surface area contributed by atoms with E-state index in [4.69, 9.17) is 4.74 Å². The van der Waals surface area contributed by atoms with E-state index in [2.05, 4.69) is 46.7 Å². The minimum absolute atomic E-state index is 0.00158. The number of nitrogens with zero attached hydrogens (tertiary/aromatic N) is 1. The first kappa shape index (κ1) is 18.4. The zero-order valence-corrected chi connectivity index (χ0v) is 15.3. The Hall–Kier alpha value is -1.43. The topological polar surface area (TPSA) is 53.6 Å². The lowest BCUT2D eigenvalue weighted by Crippen LogP contribution is -2.46. The first-order valence-corrected chi connectivity index (χ1v) is 9.48. The Morgan fingerprint density at radius 1 is 1.32 bits per heavy atom. The van der Waals surface area contributed by atoms with Gasteiger partial charge >= 0.3 is 0 Å². The molecule has 2 aliphatic rings. The number of morpholine rings is 1. The largest absolute Gasteiger partial charge is 0.375 e. The molecule has 0 aliphatic carbocycles.